The Kier molecular flexibility index (Phi) is 11.2. The predicted molar refractivity (Wildman–Crippen MR) is 135 cm³/mol. The van der Waals surface area contributed by atoms with E-state index < -0.39 is 0 Å². The number of methoxy groups -OCH3 is 1. The third-order valence-corrected chi connectivity index (χ3v) is 5.39. The van der Waals surface area contributed by atoms with Gasteiger partial charge in [-0.2, -0.15) is 0 Å². The highest BCUT2D eigenvalue weighted by Gasteiger charge is 2.14. The molecule has 2 aromatic carbocycles. The van der Waals surface area contributed by atoms with Crippen molar-refractivity contribution in [3.63, 3.8) is 0 Å². The van der Waals surface area contributed by atoms with Gasteiger partial charge in [-0.25, -0.2) is 4.39 Å². The molecule has 6 nitrogen and oxygen atoms in total. The van der Waals surface area contributed by atoms with Crippen LogP contribution in [0, 0.1) is 5.82 Å². The van der Waals surface area contributed by atoms with Gasteiger partial charge in [-0.05, 0) is 48.6 Å². The molecule has 1 heterocycles. The zero-order chi connectivity index (χ0) is 22.1. The van der Waals surface area contributed by atoms with Crippen LogP contribution in [0.2, 0.25) is 0 Å². The van der Waals surface area contributed by atoms with Crippen LogP contribution in [0.1, 0.15) is 42.5 Å². The molecule has 0 saturated carbocycles. The number of guanidine groups is 1. The Hall–Kier alpha value is -1.91. The zero-order valence-electron chi connectivity index (χ0n) is 18.9. The normalized spacial score (nSPS) is 15.6. The van der Waals surface area contributed by atoms with Gasteiger partial charge >= 0.3 is 0 Å². The van der Waals surface area contributed by atoms with Crippen molar-refractivity contribution < 1.29 is 18.6 Å². The van der Waals surface area contributed by atoms with Crippen molar-refractivity contribution in [3.8, 4) is 5.75 Å². The molecule has 1 saturated heterocycles. The van der Waals surface area contributed by atoms with Gasteiger partial charge in [-0.15, -0.1) is 24.0 Å². The average Bonchev–Trinajstić information content (AvgIpc) is 2.81. The van der Waals surface area contributed by atoms with E-state index in [1.807, 2.05) is 13.0 Å². The van der Waals surface area contributed by atoms with Gasteiger partial charge in [0.15, 0.2) is 17.5 Å². The molecule has 0 radical (unpaired) electrons. The van der Waals surface area contributed by atoms with Crippen molar-refractivity contribution in [2.45, 2.75) is 45.1 Å². The predicted octanol–water partition coefficient (Wildman–Crippen LogP) is 4.57. The minimum absolute atomic E-state index is 0. The molecule has 32 heavy (non-hydrogen) atoms. The maximum Gasteiger partial charge on any atom is 0.191 e. The molecule has 2 N–H and O–H groups in total. The summed E-state index contributed by atoms with van der Waals surface area (Å²) in [6, 6.07) is 13.2. The second-order valence-electron chi connectivity index (χ2n) is 7.63. The lowest BCUT2D eigenvalue weighted by Gasteiger charge is -2.22. The molecule has 1 unspecified atom stereocenters. The summed E-state index contributed by atoms with van der Waals surface area (Å²) < 4.78 is 30.3. The van der Waals surface area contributed by atoms with E-state index in [1.165, 1.54) is 13.2 Å². The monoisotopic (exact) mass is 557 g/mol. The minimum Gasteiger partial charge on any atom is -0.494 e. The first-order valence-electron chi connectivity index (χ1n) is 10.7. The van der Waals surface area contributed by atoms with Crippen molar-refractivity contribution in [3.05, 3.63) is 65.0 Å². The van der Waals surface area contributed by atoms with Crippen molar-refractivity contribution in [2.75, 3.05) is 27.4 Å². The summed E-state index contributed by atoms with van der Waals surface area (Å²) in [4.78, 5) is 4.27. The van der Waals surface area contributed by atoms with Gasteiger partial charge < -0.3 is 24.8 Å². The fourth-order valence-electron chi connectivity index (χ4n) is 3.43. The molecule has 3 rings (SSSR count). The van der Waals surface area contributed by atoms with Gasteiger partial charge in [0.05, 0.1) is 25.9 Å². The number of nitrogens with zero attached hydrogens (tertiary/aromatic N) is 1. The van der Waals surface area contributed by atoms with Crippen LogP contribution < -0.4 is 15.4 Å². The second-order valence-corrected chi connectivity index (χ2v) is 7.63. The van der Waals surface area contributed by atoms with Crippen LogP contribution in [0.15, 0.2) is 47.5 Å². The number of rotatable bonds is 8. The number of hydrogen-bond acceptors (Lipinski definition) is 4. The highest BCUT2D eigenvalue weighted by molar-refractivity contribution is 14.0. The van der Waals surface area contributed by atoms with E-state index in [0.717, 1.165) is 42.7 Å². The maximum absolute atomic E-state index is 14.0. The van der Waals surface area contributed by atoms with E-state index in [-0.39, 0.29) is 41.6 Å². The first-order valence-corrected chi connectivity index (χ1v) is 10.7. The van der Waals surface area contributed by atoms with Crippen LogP contribution in [0.5, 0.6) is 5.75 Å². The lowest BCUT2D eigenvalue weighted by Crippen LogP contribution is -2.38. The summed E-state index contributed by atoms with van der Waals surface area (Å²) in [7, 11) is 3.17. The summed E-state index contributed by atoms with van der Waals surface area (Å²) in [6.07, 6.45) is 2.23. The van der Waals surface area contributed by atoms with Crippen molar-refractivity contribution in [1.29, 1.82) is 0 Å². The molecule has 0 spiro atoms. The highest BCUT2D eigenvalue weighted by Crippen LogP contribution is 2.21. The quantitative estimate of drug-likeness (QED) is 0.283. The number of halogens is 2. The summed E-state index contributed by atoms with van der Waals surface area (Å²) >= 11 is 0. The van der Waals surface area contributed by atoms with Gasteiger partial charge in [0.2, 0.25) is 0 Å². The Bertz CT molecular complexity index is 858. The SMILES string of the molecule is CN=C(NCc1ccc(COC2CCOCC2)cc1)NC(C)c1ccc(OC)c(F)c1.I. The Morgan fingerprint density at radius 1 is 1.16 bits per heavy atom. The molecule has 176 valence electrons. The molecule has 1 fully saturated rings. The molecule has 0 amide bonds. The van der Waals surface area contributed by atoms with Crippen LogP contribution in [0.4, 0.5) is 4.39 Å². The number of benzene rings is 2. The molecule has 2 aromatic rings. The second kappa shape index (κ2) is 13.6. The number of ether oxygens (including phenoxy) is 3. The molecule has 1 aliphatic heterocycles. The van der Waals surface area contributed by atoms with E-state index in [9.17, 15) is 4.39 Å². The van der Waals surface area contributed by atoms with Crippen molar-refractivity contribution in [2.24, 2.45) is 4.99 Å². The van der Waals surface area contributed by atoms with E-state index in [2.05, 4.69) is 39.9 Å². The fourth-order valence-corrected chi connectivity index (χ4v) is 3.43. The van der Waals surface area contributed by atoms with Crippen molar-refractivity contribution in [1.82, 2.24) is 10.6 Å². The first kappa shape index (κ1) is 26.3. The van der Waals surface area contributed by atoms with E-state index >= 15 is 0 Å². The smallest absolute Gasteiger partial charge is 0.191 e. The van der Waals surface area contributed by atoms with Crippen LogP contribution >= 0.6 is 24.0 Å². The Labute approximate surface area is 207 Å². The third-order valence-electron chi connectivity index (χ3n) is 5.39. The number of aliphatic imine (C=N–C) groups is 1. The van der Waals surface area contributed by atoms with E-state index in [0.29, 0.717) is 25.2 Å². The van der Waals surface area contributed by atoms with Gasteiger partial charge in [-0.3, -0.25) is 4.99 Å². The molecule has 0 aliphatic carbocycles. The Morgan fingerprint density at radius 2 is 1.84 bits per heavy atom. The van der Waals surface area contributed by atoms with Gasteiger partial charge in [-0.1, -0.05) is 30.3 Å². The molecule has 8 heteroatoms. The topological polar surface area (TPSA) is 64.1 Å². The van der Waals surface area contributed by atoms with E-state index in [4.69, 9.17) is 14.2 Å². The molecular weight excluding hydrogens is 524 g/mol. The minimum atomic E-state index is -0.377. The Morgan fingerprint density at radius 3 is 2.47 bits per heavy atom. The van der Waals surface area contributed by atoms with Crippen LogP contribution in [-0.2, 0) is 22.6 Å². The Balaban J connectivity index is 0.00000363. The maximum atomic E-state index is 14.0. The van der Waals surface area contributed by atoms with Crippen LogP contribution in [0.25, 0.3) is 0 Å². The molecular formula is C24H33FIN3O3. The van der Waals surface area contributed by atoms with Gasteiger partial charge in [0.1, 0.15) is 0 Å². The molecule has 1 aliphatic rings. The highest BCUT2D eigenvalue weighted by atomic mass is 127. The standard InChI is InChI=1S/C24H32FN3O3.HI/c1-17(20-8-9-23(29-3)22(25)14-20)28-24(26-2)27-15-18-4-6-19(7-5-18)16-31-21-10-12-30-13-11-21;/h4-9,14,17,21H,10-13,15-16H2,1-3H3,(H2,26,27,28);1H. The largest absolute Gasteiger partial charge is 0.494 e. The van der Waals surface area contributed by atoms with E-state index in [1.54, 1.807) is 13.1 Å². The molecule has 0 bridgehead atoms. The number of nitrogens with one attached hydrogen (secondary N) is 2. The average molecular weight is 557 g/mol. The zero-order valence-corrected chi connectivity index (χ0v) is 21.2. The van der Waals surface area contributed by atoms with Crippen molar-refractivity contribution >= 4 is 29.9 Å². The lowest BCUT2D eigenvalue weighted by molar-refractivity contribution is -0.0390. The van der Waals surface area contributed by atoms with Gasteiger partial charge in [0, 0.05) is 26.8 Å². The summed E-state index contributed by atoms with van der Waals surface area (Å²) in [6.45, 7) is 4.79. The first-order chi connectivity index (χ1) is 15.1. The molecule has 0 aromatic heterocycles. The van der Waals surface area contributed by atoms with Crippen LogP contribution in [0.3, 0.4) is 0 Å². The summed E-state index contributed by atoms with van der Waals surface area (Å²) in [5, 5.41) is 6.59. The molecule has 1 atom stereocenters. The number of hydrogen-bond donors (Lipinski definition) is 2. The third kappa shape index (κ3) is 7.90. The van der Waals surface area contributed by atoms with Crippen LogP contribution in [-0.4, -0.2) is 39.4 Å². The fraction of sp³-hybridized carbons (Fsp3) is 0.458. The summed E-state index contributed by atoms with van der Waals surface area (Å²) in [5.74, 6) is 0.508. The summed E-state index contributed by atoms with van der Waals surface area (Å²) in [5.41, 5.74) is 3.11. The van der Waals surface area contributed by atoms with Gasteiger partial charge in [0.25, 0.3) is 0 Å². The lowest BCUT2D eigenvalue weighted by atomic mass is 10.1.